The summed E-state index contributed by atoms with van der Waals surface area (Å²) in [7, 11) is 0. The van der Waals surface area contributed by atoms with Gasteiger partial charge in [0.1, 0.15) is 5.25 Å². The van der Waals surface area contributed by atoms with Gasteiger partial charge in [-0.05, 0) is 60.9 Å². The highest BCUT2D eigenvalue weighted by atomic mass is 32.2. The lowest BCUT2D eigenvalue weighted by Crippen LogP contribution is -2.20. The second kappa shape index (κ2) is 11.3. The fourth-order valence-corrected chi connectivity index (χ4v) is 4.22. The van der Waals surface area contributed by atoms with Crippen molar-refractivity contribution in [3.63, 3.8) is 0 Å². The van der Waals surface area contributed by atoms with Crippen LogP contribution in [0.1, 0.15) is 46.5 Å². The third-order valence-corrected chi connectivity index (χ3v) is 6.22. The summed E-state index contributed by atoms with van der Waals surface area (Å²) >= 11 is 1.38. The highest BCUT2D eigenvalue weighted by molar-refractivity contribution is 8.00. The molecule has 0 radical (unpaired) electrons. The van der Waals surface area contributed by atoms with E-state index in [-0.39, 0.29) is 17.4 Å². The molecule has 0 aliphatic heterocycles. The molecule has 3 rings (SSSR count). The van der Waals surface area contributed by atoms with E-state index in [0.717, 1.165) is 22.4 Å². The van der Waals surface area contributed by atoms with Gasteiger partial charge in [0.2, 0.25) is 11.8 Å². The van der Waals surface area contributed by atoms with Crippen LogP contribution in [0.15, 0.2) is 77.7 Å². The summed E-state index contributed by atoms with van der Waals surface area (Å²) in [5, 5.41) is 14.5. The number of rotatable bonds is 9. The van der Waals surface area contributed by atoms with Gasteiger partial charge in [-0.1, -0.05) is 43.3 Å². The third kappa shape index (κ3) is 6.70. The number of aromatic carboxylic acids is 1. The van der Waals surface area contributed by atoms with E-state index >= 15 is 0 Å². The molecule has 33 heavy (non-hydrogen) atoms. The molecule has 170 valence electrons. The molecule has 0 aliphatic carbocycles. The zero-order chi connectivity index (χ0) is 23.8. The molecule has 3 N–H and O–H groups in total. The minimum Gasteiger partial charge on any atom is -0.478 e. The van der Waals surface area contributed by atoms with E-state index in [9.17, 15) is 19.5 Å². The van der Waals surface area contributed by atoms with Gasteiger partial charge in [-0.25, -0.2) is 4.79 Å². The molecule has 7 heteroatoms. The highest BCUT2D eigenvalue weighted by Gasteiger charge is 2.23. The van der Waals surface area contributed by atoms with E-state index in [2.05, 4.69) is 10.6 Å². The summed E-state index contributed by atoms with van der Waals surface area (Å²) in [4.78, 5) is 37.3. The molecule has 0 fully saturated rings. The Morgan fingerprint density at radius 2 is 1.64 bits per heavy atom. The lowest BCUT2D eigenvalue weighted by atomic mass is 10.1. The monoisotopic (exact) mass is 462 g/mol. The van der Waals surface area contributed by atoms with E-state index in [1.807, 2.05) is 68.4 Å². The van der Waals surface area contributed by atoms with Crippen molar-refractivity contribution in [1.82, 2.24) is 0 Å². The summed E-state index contributed by atoms with van der Waals surface area (Å²) in [6.07, 6.45) is 1.25. The fraction of sp³-hybridized carbons (Fsp3) is 0.192. The molecule has 0 saturated carbocycles. The minimum absolute atomic E-state index is 0.0293. The van der Waals surface area contributed by atoms with Crippen molar-refractivity contribution >= 4 is 40.9 Å². The molecule has 0 spiro atoms. The number of aryl methyl sites for hydroxylation is 1. The molecule has 0 aromatic heterocycles. The van der Waals surface area contributed by atoms with Gasteiger partial charge >= 0.3 is 5.97 Å². The molecule has 2 amide bonds. The SMILES string of the molecule is CCCC(=O)Nc1ccc(SC(C(=O)Nc2cc(C(=O)O)ccc2C)c2ccccc2)cc1. The number of carboxylic acid groups (broad SMARTS) is 1. The number of anilines is 2. The first-order valence-electron chi connectivity index (χ1n) is 10.6. The topological polar surface area (TPSA) is 95.5 Å². The Hall–Kier alpha value is -3.58. The number of carbonyl (C=O) groups excluding carboxylic acids is 2. The molecule has 1 atom stereocenters. The average molecular weight is 463 g/mol. The summed E-state index contributed by atoms with van der Waals surface area (Å²) in [5.74, 6) is -1.33. The summed E-state index contributed by atoms with van der Waals surface area (Å²) in [6, 6.07) is 21.4. The maximum atomic E-state index is 13.3. The van der Waals surface area contributed by atoms with Gasteiger partial charge in [-0.2, -0.15) is 0 Å². The van der Waals surface area contributed by atoms with Crippen LogP contribution in [0.3, 0.4) is 0 Å². The predicted octanol–water partition coefficient (Wildman–Crippen LogP) is 5.90. The first-order chi connectivity index (χ1) is 15.9. The number of benzene rings is 3. The van der Waals surface area contributed by atoms with Crippen molar-refractivity contribution in [3.8, 4) is 0 Å². The minimum atomic E-state index is -1.05. The Morgan fingerprint density at radius 3 is 2.27 bits per heavy atom. The molecule has 0 aliphatic rings. The van der Waals surface area contributed by atoms with E-state index < -0.39 is 11.2 Å². The number of nitrogens with one attached hydrogen (secondary N) is 2. The second-order valence-corrected chi connectivity index (χ2v) is 8.73. The van der Waals surface area contributed by atoms with Gasteiger partial charge in [0.25, 0.3) is 0 Å². The Kier molecular flexibility index (Phi) is 8.27. The highest BCUT2D eigenvalue weighted by Crippen LogP contribution is 2.37. The quantitative estimate of drug-likeness (QED) is 0.344. The Morgan fingerprint density at radius 1 is 0.939 bits per heavy atom. The van der Waals surface area contributed by atoms with Crippen LogP contribution < -0.4 is 10.6 Å². The summed E-state index contributed by atoms with van der Waals surface area (Å²) < 4.78 is 0. The maximum absolute atomic E-state index is 13.3. The van der Waals surface area contributed by atoms with Gasteiger partial charge in [0.05, 0.1) is 5.56 Å². The number of thioether (sulfide) groups is 1. The number of carboxylic acids is 1. The molecule has 0 heterocycles. The average Bonchev–Trinajstić information content (AvgIpc) is 2.80. The molecule has 0 saturated heterocycles. The van der Waals surface area contributed by atoms with Crippen molar-refractivity contribution < 1.29 is 19.5 Å². The van der Waals surface area contributed by atoms with Gasteiger partial charge in [-0.15, -0.1) is 11.8 Å². The van der Waals surface area contributed by atoms with Crippen LogP contribution in [0.25, 0.3) is 0 Å². The van der Waals surface area contributed by atoms with Gasteiger partial charge < -0.3 is 15.7 Å². The van der Waals surface area contributed by atoms with Crippen molar-refractivity contribution in [2.24, 2.45) is 0 Å². The maximum Gasteiger partial charge on any atom is 0.335 e. The van der Waals surface area contributed by atoms with Crippen LogP contribution in [0.4, 0.5) is 11.4 Å². The number of amides is 2. The van der Waals surface area contributed by atoms with Crippen molar-refractivity contribution in [3.05, 3.63) is 89.5 Å². The van der Waals surface area contributed by atoms with E-state index in [0.29, 0.717) is 17.8 Å². The normalized spacial score (nSPS) is 11.5. The van der Waals surface area contributed by atoms with Crippen LogP contribution >= 0.6 is 11.8 Å². The fourth-order valence-electron chi connectivity index (χ4n) is 3.19. The first kappa shape index (κ1) is 24.1. The van der Waals surface area contributed by atoms with Crippen LogP contribution in [0.2, 0.25) is 0 Å². The second-order valence-electron chi connectivity index (χ2n) is 7.56. The standard InChI is InChI=1S/C26H26N2O4S/c1-3-7-23(29)27-20-12-14-21(15-13-20)33-24(18-8-5-4-6-9-18)25(30)28-22-16-19(26(31)32)11-10-17(22)2/h4-6,8-16,24H,3,7H2,1-2H3,(H,27,29)(H,28,30)(H,31,32). The lowest BCUT2D eigenvalue weighted by molar-refractivity contribution is -0.116. The predicted molar refractivity (Wildman–Crippen MR) is 132 cm³/mol. The van der Waals surface area contributed by atoms with Crippen LogP contribution in [-0.2, 0) is 9.59 Å². The van der Waals surface area contributed by atoms with Gasteiger partial charge in [0.15, 0.2) is 0 Å². The first-order valence-corrected chi connectivity index (χ1v) is 11.5. The van der Waals surface area contributed by atoms with Crippen LogP contribution in [0, 0.1) is 6.92 Å². The molecule has 3 aromatic carbocycles. The van der Waals surface area contributed by atoms with E-state index in [4.69, 9.17) is 0 Å². The molecular weight excluding hydrogens is 436 g/mol. The van der Waals surface area contributed by atoms with E-state index in [1.165, 1.54) is 23.9 Å². The summed E-state index contributed by atoms with van der Waals surface area (Å²) in [5.41, 5.74) is 2.89. The molecule has 6 nitrogen and oxygen atoms in total. The zero-order valence-electron chi connectivity index (χ0n) is 18.5. The van der Waals surface area contributed by atoms with Crippen LogP contribution in [0.5, 0.6) is 0 Å². The number of hydrogen-bond donors (Lipinski definition) is 3. The van der Waals surface area contributed by atoms with Crippen molar-refractivity contribution in [2.45, 2.75) is 36.8 Å². The molecule has 1 unspecified atom stereocenters. The molecule has 0 bridgehead atoms. The summed E-state index contributed by atoms with van der Waals surface area (Å²) in [6.45, 7) is 3.77. The smallest absolute Gasteiger partial charge is 0.335 e. The van der Waals surface area contributed by atoms with Crippen molar-refractivity contribution in [2.75, 3.05) is 10.6 Å². The third-order valence-electron chi connectivity index (χ3n) is 4.95. The zero-order valence-corrected chi connectivity index (χ0v) is 19.3. The number of hydrogen-bond acceptors (Lipinski definition) is 4. The van der Waals surface area contributed by atoms with E-state index in [1.54, 1.807) is 6.07 Å². The van der Waals surface area contributed by atoms with Crippen LogP contribution in [-0.4, -0.2) is 22.9 Å². The van der Waals surface area contributed by atoms with Gasteiger partial charge in [-0.3, -0.25) is 9.59 Å². The number of carbonyl (C=O) groups is 3. The Bertz CT molecular complexity index is 1130. The van der Waals surface area contributed by atoms with Crippen molar-refractivity contribution in [1.29, 1.82) is 0 Å². The lowest BCUT2D eigenvalue weighted by Gasteiger charge is -2.18. The largest absolute Gasteiger partial charge is 0.478 e. The molecule has 3 aromatic rings. The molecular formula is C26H26N2O4S. The Labute approximate surface area is 197 Å². The Balaban J connectivity index is 1.81. The van der Waals surface area contributed by atoms with Gasteiger partial charge in [0, 0.05) is 22.7 Å².